The second kappa shape index (κ2) is 7.52. The first-order valence-corrected chi connectivity index (χ1v) is 6.29. The van der Waals surface area contributed by atoms with Crippen molar-refractivity contribution in [2.45, 2.75) is 33.2 Å². The van der Waals surface area contributed by atoms with E-state index in [4.69, 9.17) is 0 Å². The fourth-order valence-electron chi connectivity index (χ4n) is 2.62. The summed E-state index contributed by atoms with van der Waals surface area (Å²) < 4.78 is 0.973. The fourth-order valence-corrected chi connectivity index (χ4v) is 2.62. The van der Waals surface area contributed by atoms with Crippen molar-refractivity contribution in [3.63, 3.8) is 0 Å². The molecule has 0 spiro atoms. The normalized spacial score (nSPS) is 12.6. The van der Waals surface area contributed by atoms with Crippen LogP contribution in [0.4, 0.5) is 0 Å². The summed E-state index contributed by atoms with van der Waals surface area (Å²) in [5.74, 6) is 0. The summed E-state index contributed by atoms with van der Waals surface area (Å²) in [5, 5.41) is 0. The molecule has 0 saturated carbocycles. The summed E-state index contributed by atoms with van der Waals surface area (Å²) in [6.07, 6.45) is 3.26. The molecular formula is C15H24ClN. The first-order valence-electron chi connectivity index (χ1n) is 6.29. The standard InChI is InChI=1S/C15H24N.ClH/c1-5-15(14-12-10-9-11-13-14)16(6-2,7-3)8-4;/h6,9-13,15H,2,5,7-8H2,1,3-4H3;1H/q+1;/p-1. The van der Waals surface area contributed by atoms with E-state index >= 15 is 0 Å². The largest absolute Gasteiger partial charge is 1.00 e. The Bertz CT molecular complexity index is 317. The summed E-state index contributed by atoms with van der Waals surface area (Å²) in [6, 6.07) is 11.3. The predicted molar refractivity (Wildman–Crippen MR) is 71.0 cm³/mol. The first-order chi connectivity index (χ1) is 7.74. The van der Waals surface area contributed by atoms with Crippen LogP contribution in [0.15, 0.2) is 43.1 Å². The number of hydrogen-bond acceptors (Lipinski definition) is 0. The zero-order valence-corrected chi connectivity index (χ0v) is 12.0. The van der Waals surface area contributed by atoms with Gasteiger partial charge < -0.3 is 12.4 Å². The number of quaternary nitrogens is 1. The maximum absolute atomic E-state index is 4.04. The van der Waals surface area contributed by atoms with Gasteiger partial charge in [0.15, 0.2) is 0 Å². The van der Waals surface area contributed by atoms with Crippen LogP contribution in [-0.2, 0) is 0 Å². The molecule has 2 heteroatoms. The van der Waals surface area contributed by atoms with E-state index in [1.807, 2.05) is 0 Å². The molecule has 0 bridgehead atoms. The third-order valence-electron chi connectivity index (χ3n) is 3.73. The van der Waals surface area contributed by atoms with Crippen molar-refractivity contribution in [2.24, 2.45) is 0 Å². The van der Waals surface area contributed by atoms with Crippen LogP contribution < -0.4 is 12.4 Å². The summed E-state index contributed by atoms with van der Waals surface area (Å²) in [6.45, 7) is 13.0. The number of benzene rings is 1. The summed E-state index contributed by atoms with van der Waals surface area (Å²) in [5.41, 5.74) is 1.42. The van der Waals surface area contributed by atoms with Crippen LogP contribution in [0.1, 0.15) is 38.8 Å². The van der Waals surface area contributed by atoms with Crippen LogP contribution in [0.2, 0.25) is 0 Å². The lowest BCUT2D eigenvalue weighted by molar-refractivity contribution is -0.907. The molecule has 1 rings (SSSR count). The zero-order valence-electron chi connectivity index (χ0n) is 11.2. The van der Waals surface area contributed by atoms with E-state index in [1.54, 1.807) is 0 Å². The van der Waals surface area contributed by atoms with Crippen molar-refractivity contribution in [3.8, 4) is 0 Å². The van der Waals surface area contributed by atoms with Crippen molar-refractivity contribution < 1.29 is 16.9 Å². The molecule has 0 fully saturated rings. The predicted octanol–water partition coefficient (Wildman–Crippen LogP) is 1.14. The van der Waals surface area contributed by atoms with Gasteiger partial charge in [-0.15, -0.1) is 0 Å². The highest BCUT2D eigenvalue weighted by atomic mass is 35.5. The van der Waals surface area contributed by atoms with E-state index in [-0.39, 0.29) is 12.4 Å². The summed E-state index contributed by atoms with van der Waals surface area (Å²) >= 11 is 0. The maximum atomic E-state index is 4.04. The topological polar surface area (TPSA) is 0 Å². The lowest BCUT2D eigenvalue weighted by Crippen LogP contribution is -3.00. The highest BCUT2D eigenvalue weighted by Crippen LogP contribution is 2.31. The molecule has 0 aliphatic rings. The quantitative estimate of drug-likeness (QED) is 0.667. The van der Waals surface area contributed by atoms with Crippen molar-refractivity contribution in [1.82, 2.24) is 0 Å². The molecular weight excluding hydrogens is 230 g/mol. The van der Waals surface area contributed by atoms with Gasteiger partial charge >= 0.3 is 0 Å². The minimum atomic E-state index is 0. The Morgan fingerprint density at radius 1 is 1.12 bits per heavy atom. The molecule has 0 saturated heterocycles. The number of halogens is 1. The molecule has 17 heavy (non-hydrogen) atoms. The second-order valence-electron chi connectivity index (χ2n) is 4.25. The molecule has 1 unspecified atom stereocenters. The van der Waals surface area contributed by atoms with E-state index in [2.05, 4.69) is 63.9 Å². The smallest absolute Gasteiger partial charge is 0.119 e. The lowest BCUT2D eigenvalue weighted by Gasteiger charge is -2.40. The Balaban J connectivity index is 0.00000256. The molecule has 0 aliphatic heterocycles. The van der Waals surface area contributed by atoms with Crippen LogP contribution in [0.5, 0.6) is 0 Å². The van der Waals surface area contributed by atoms with Crippen molar-refractivity contribution in [1.29, 1.82) is 0 Å². The van der Waals surface area contributed by atoms with Gasteiger partial charge in [-0.05, 0) is 20.4 Å². The molecule has 0 amide bonds. The average Bonchev–Trinajstić information content (AvgIpc) is 2.37. The third-order valence-corrected chi connectivity index (χ3v) is 3.73. The van der Waals surface area contributed by atoms with Crippen molar-refractivity contribution >= 4 is 0 Å². The minimum absolute atomic E-state index is 0. The number of nitrogens with zero attached hydrogens (tertiary/aromatic N) is 1. The van der Waals surface area contributed by atoms with Gasteiger partial charge in [-0.2, -0.15) is 0 Å². The van der Waals surface area contributed by atoms with Crippen molar-refractivity contribution in [2.75, 3.05) is 13.1 Å². The van der Waals surface area contributed by atoms with Gasteiger partial charge in [-0.3, -0.25) is 4.48 Å². The highest BCUT2D eigenvalue weighted by Gasteiger charge is 2.31. The first kappa shape index (κ1) is 16.2. The van der Waals surface area contributed by atoms with Crippen LogP contribution in [0.25, 0.3) is 0 Å². The average molecular weight is 254 g/mol. The lowest BCUT2D eigenvalue weighted by atomic mass is 10.00. The molecule has 1 nitrogen and oxygen atoms in total. The molecule has 96 valence electrons. The number of rotatable bonds is 6. The third kappa shape index (κ3) is 3.34. The SMILES string of the molecule is C=C[N+](CC)(CC)C(CC)c1ccccc1.[Cl-]. The second-order valence-corrected chi connectivity index (χ2v) is 4.25. The van der Waals surface area contributed by atoms with Crippen LogP contribution in [-0.4, -0.2) is 17.6 Å². The van der Waals surface area contributed by atoms with Crippen molar-refractivity contribution in [3.05, 3.63) is 48.7 Å². The van der Waals surface area contributed by atoms with Gasteiger partial charge in [-0.25, -0.2) is 0 Å². The van der Waals surface area contributed by atoms with Crippen LogP contribution in [0, 0.1) is 0 Å². The Morgan fingerprint density at radius 3 is 2.00 bits per heavy atom. The van der Waals surface area contributed by atoms with Crippen LogP contribution >= 0.6 is 0 Å². The van der Waals surface area contributed by atoms with E-state index in [1.165, 1.54) is 5.56 Å². The molecule has 0 N–H and O–H groups in total. The van der Waals surface area contributed by atoms with E-state index in [9.17, 15) is 0 Å². The monoisotopic (exact) mass is 253 g/mol. The molecule has 1 atom stereocenters. The molecule has 0 aromatic heterocycles. The Hall–Kier alpha value is -0.790. The van der Waals surface area contributed by atoms with Gasteiger partial charge in [0.1, 0.15) is 6.04 Å². The van der Waals surface area contributed by atoms with E-state index < -0.39 is 0 Å². The van der Waals surface area contributed by atoms with Gasteiger partial charge in [0, 0.05) is 12.0 Å². The van der Waals surface area contributed by atoms with Gasteiger partial charge in [0.25, 0.3) is 0 Å². The molecule has 0 radical (unpaired) electrons. The number of hydrogen-bond donors (Lipinski definition) is 0. The van der Waals surface area contributed by atoms with Gasteiger partial charge in [-0.1, -0.05) is 37.3 Å². The van der Waals surface area contributed by atoms with Gasteiger partial charge in [0.05, 0.1) is 19.3 Å². The maximum Gasteiger partial charge on any atom is 0.119 e. The fraction of sp³-hybridized carbons (Fsp3) is 0.467. The van der Waals surface area contributed by atoms with E-state index in [0.717, 1.165) is 24.0 Å². The molecule has 0 heterocycles. The van der Waals surface area contributed by atoms with Gasteiger partial charge in [0.2, 0.25) is 0 Å². The summed E-state index contributed by atoms with van der Waals surface area (Å²) in [7, 11) is 0. The zero-order chi connectivity index (χ0) is 12.0. The molecule has 1 aromatic carbocycles. The Morgan fingerprint density at radius 2 is 1.65 bits per heavy atom. The Kier molecular flexibility index (Phi) is 7.17. The molecule has 1 aromatic rings. The summed E-state index contributed by atoms with van der Waals surface area (Å²) in [4.78, 5) is 0. The highest BCUT2D eigenvalue weighted by molar-refractivity contribution is 5.17. The minimum Gasteiger partial charge on any atom is -1.00 e. The van der Waals surface area contributed by atoms with Crippen LogP contribution in [0.3, 0.4) is 0 Å². The Labute approximate surface area is 112 Å². The molecule has 0 aliphatic carbocycles. The van der Waals surface area contributed by atoms with E-state index in [0.29, 0.717) is 6.04 Å².